The third-order valence-electron chi connectivity index (χ3n) is 6.15. The Morgan fingerprint density at radius 2 is 0.743 bits per heavy atom. The van der Waals surface area contributed by atoms with Crippen LogP contribution in [-0.2, 0) is 9.59 Å². The third kappa shape index (κ3) is 44.1. The van der Waals surface area contributed by atoms with Crippen molar-refractivity contribution in [1.29, 1.82) is 0 Å². The Kier molecular flexibility index (Phi) is 40.1. The number of allylic oxidation sites excluding steroid dienone is 2. The quantitative estimate of drug-likeness (QED) is 0.0779. The molecule has 0 aliphatic heterocycles. The van der Waals surface area contributed by atoms with Crippen LogP contribution >= 0.6 is 0 Å². The zero-order valence-corrected chi connectivity index (χ0v) is 25.8. The Balaban J connectivity index is -0.000000285. The number of unbranched alkanes of at least 4 members (excludes halogenated alkanes) is 19. The molecule has 0 saturated heterocycles. The van der Waals surface area contributed by atoms with Crippen molar-refractivity contribution in [1.82, 2.24) is 0 Å². The van der Waals surface area contributed by atoms with Crippen molar-refractivity contribution in [3.63, 3.8) is 0 Å². The van der Waals surface area contributed by atoms with Gasteiger partial charge >= 0.3 is 41.5 Å². The van der Waals surface area contributed by atoms with Crippen molar-refractivity contribution in [3.05, 3.63) is 12.2 Å². The van der Waals surface area contributed by atoms with Crippen molar-refractivity contribution in [2.75, 3.05) is 0 Å². The molecule has 0 bridgehead atoms. The van der Waals surface area contributed by atoms with Crippen LogP contribution in [0.4, 0.5) is 0 Å². The fourth-order valence-corrected chi connectivity index (χ4v) is 3.93. The van der Waals surface area contributed by atoms with Crippen molar-refractivity contribution in [3.8, 4) is 0 Å². The molecule has 0 aromatic rings. The van der Waals surface area contributed by atoms with Gasteiger partial charge < -0.3 is 11.6 Å². The standard InChI is InChI=1S/C18H34O2.C12H24O2.Na.H/c1-2-3-4-5-6-7-8-9-10-11-12-13-14-15-16-17-18(19)20;1-2-3-4-5-6-7-8-9-10-11-12(13)14;;/h9-10H,2-8,11-17H2,1H3,(H,19,20);2-11H2,1H3,(H,13,14);;/q;;+1;-1/b10-9-;;;. The fraction of sp³-hybridized carbons (Fsp3) is 0.867. The van der Waals surface area contributed by atoms with E-state index in [0.29, 0.717) is 12.8 Å². The largest absolute Gasteiger partial charge is 1.00 e. The maximum atomic E-state index is 10.3. The zero-order valence-electron chi connectivity index (χ0n) is 24.8. The van der Waals surface area contributed by atoms with Crippen LogP contribution in [0.25, 0.3) is 0 Å². The second kappa shape index (κ2) is 35.8. The van der Waals surface area contributed by atoms with Crippen molar-refractivity contribution >= 4 is 11.9 Å². The van der Waals surface area contributed by atoms with Gasteiger partial charge in [-0.25, -0.2) is 0 Å². The molecule has 4 nitrogen and oxygen atoms in total. The first-order valence-electron chi connectivity index (χ1n) is 14.6. The molecule has 0 aromatic heterocycles. The molecule has 0 aliphatic carbocycles. The van der Waals surface area contributed by atoms with E-state index in [2.05, 4.69) is 26.0 Å². The number of carboxylic acids is 2. The van der Waals surface area contributed by atoms with E-state index in [-0.39, 0.29) is 31.0 Å². The van der Waals surface area contributed by atoms with Gasteiger partial charge in [-0.05, 0) is 38.5 Å². The molecule has 35 heavy (non-hydrogen) atoms. The number of rotatable bonds is 25. The van der Waals surface area contributed by atoms with Crippen LogP contribution in [0.3, 0.4) is 0 Å². The summed E-state index contributed by atoms with van der Waals surface area (Å²) in [6.45, 7) is 4.49. The van der Waals surface area contributed by atoms with Gasteiger partial charge in [-0.15, -0.1) is 0 Å². The van der Waals surface area contributed by atoms with Gasteiger partial charge in [0, 0.05) is 12.8 Å². The van der Waals surface area contributed by atoms with Gasteiger partial charge in [0.15, 0.2) is 0 Å². The minimum absolute atomic E-state index is 0. The molecule has 0 spiro atoms. The van der Waals surface area contributed by atoms with Crippen molar-refractivity contribution in [2.24, 2.45) is 0 Å². The van der Waals surface area contributed by atoms with E-state index in [4.69, 9.17) is 10.2 Å². The summed E-state index contributed by atoms with van der Waals surface area (Å²) in [5.41, 5.74) is 0. The monoisotopic (exact) mass is 506 g/mol. The van der Waals surface area contributed by atoms with E-state index in [1.54, 1.807) is 0 Å². The van der Waals surface area contributed by atoms with Crippen LogP contribution in [0.1, 0.15) is 169 Å². The van der Waals surface area contributed by atoms with Crippen molar-refractivity contribution < 1.29 is 50.8 Å². The number of hydrogen-bond donors (Lipinski definition) is 2. The minimum Gasteiger partial charge on any atom is -1.00 e. The topological polar surface area (TPSA) is 74.6 Å². The SMILES string of the molecule is CCCCCCCC/C=C\CCCCCCCC(=O)O.CCCCCCCCCCCC(=O)O.[H-].[Na+]. The van der Waals surface area contributed by atoms with Gasteiger partial charge in [0.05, 0.1) is 0 Å². The second-order valence-corrected chi connectivity index (χ2v) is 9.70. The Morgan fingerprint density at radius 3 is 1.03 bits per heavy atom. The average molecular weight is 507 g/mol. The fourth-order valence-electron chi connectivity index (χ4n) is 3.93. The predicted octanol–water partition coefficient (Wildman–Crippen LogP) is 7.22. The van der Waals surface area contributed by atoms with Crippen LogP contribution in [0.5, 0.6) is 0 Å². The summed E-state index contributed by atoms with van der Waals surface area (Å²) in [5.74, 6) is -1.32. The Hall–Kier alpha value is -0.320. The smallest absolute Gasteiger partial charge is 1.00 e. The Labute approximate surface area is 241 Å². The van der Waals surface area contributed by atoms with Crippen LogP contribution < -0.4 is 29.6 Å². The molecule has 204 valence electrons. The van der Waals surface area contributed by atoms with Crippen LogP contribution in [0.2, 0.25) is 0 Å². The summed E-state index contributed by atoms with van der Waals surface area (Å²) < 4.78 is 0. The molecule has 0 saturated carbocycles. The first kappa shape index (κ1) is 39.2. The van der Waals surface area contributed by atoms with Crippen LogP contribution in [0.15, 0.2) is 12.2 Å². The second-order valence-electron chi connectivity index (χ2n) is 9.70. The third-order valence-corrected chi connectivity index (χ3v) is 6.15. The van der Waals surface area contributed by atoms with E-state index < -0.39 is 11.9 Å². The summed E-state index contributed by atoms with van der Waals surface area (Å²) in [4.78, 5) is 20.5. The molecule has 0 fully saturated rings. The van der Waals surface area contributed by atoms with E-state index in [9.17, 15) is 9.59 Å². The zero-order chi connectivity index (χ0) is 25.5. The normalized spacial score (nSPS) is 10.6. The van der Waals surface area contributed by atoms with E-state index >= 15 is 0 Å². The Bertz CT molecular complexity index is 458. The predicted molar refractivity (Wildman–Crippen MR) is 148 cm³/mol. The summed E-state index contributed by atoms with van der Waals surface area (Å²) in [7, 11) is 0. The van der Waals surface area contributed by atoms with Gasteiger partial charge in [0.1, 0.15) is 0 Å². The first-order chi connectivity index (χ1) is 16.5. The molecule has 0 atom stereocenters. The van der Waals surface area contributed by atoms with E-state index in [0.717, 1.165) is 25.7 Å². The molecule has 0 radical (unpaired) electrons. The molecular weight excluding hydrogens is 447 g/mol. The summed E-state index contributed by atoms with van der Waals surface area (Å²) in [6, 6.07) is 0. The average Bonchev–Trinajstić information content (AvgIpc) is 2.80. The van der Waals surface area contributed by atoms with E-state index in [1.807, 2.05) is 0 Å². The van der Waals surface area contributed by atoms with E-state index in [1.165, 1.54) is 116 Å². The number of aliphatic carboxylic acids is 2. The molecule has 0 amide bonds. The number of carboxylic acid groups (broad SMARTS) is 2. The molecule has 0 heterocycles. The Morgan fingerprint density at radius 1 is 0.486 bits per heavy atom. The molecule has 0 rings (SSSR count). The maximum absolute atomic E-state index is 10.3. The number of hydrogen-bond acceptors (Lipinski definition) is 2. The molecule has 0 aromatic carbocycles. The van der Waals surface area contributed by atoms with Gasteiger partial charge in [0.2, 0.25) is 0 Å². The van der Waals surface area contributed by atoms with Crippen LogP contribution in [0, 0.1) is 0 Å². The van der Waals surface area contributed by atoms with Crippen molar-refractivity contribution in [2.45, 2.75) is 168 Å². The van der Waals surface area contributed by atoms with Gasteiger partial charge in [-0.3, -0.25) is 9.59 Å². The maximum Gasteiger partial charge on any atom is 1.00 e. The summed E-state index contributed by atoms with van der Waals surface area (Å²) in [5, 5.41) is 16.9. The summed E-state index contributed by atoms with van der Waals surface area (Å²) in [6.07, 6.45) is 32.7. The first-order valence-corrected chi connectivity index (χ1v) is 14.6. The molecular formula is C30H59NaO4. The molecule has 2 N–H and O–H groups in total. The van der Waals surface area contributed by atoms with Gasteiger partial charge in [-0.2, -0.15) is 0 Å². The summed E-state index contributed by atoms with van der Waals surface area (Å²) >= 11 is 0. The molecule has 0 aliphatic rings. The minimum atomic E-state index is -0.664. The molecule has 0 unspecified atom stereocenters. The van der Waals surface area contributed by atoms with Gasteiger partial charge in [-0.1, -0.05) is 129 Å². The van der Waals surface area contributed by atoms with Gasteiger partial charge in [0.25, 0.3) is 0 Å². The van der Waals surface area contributed by atoms with Crippen LogP contribution in [-0.4, -0.2) is 22.2 Å². The molecule has 5 heteroatoms. The number of carbonyl (C=O) groups is 2.